The van der Waals surface area contributed by atoms with Crippen LogP contribution in [0, 0.1) is 0 Å². The van der Waals surface area contributed by atoms with E-state index in [9.17, 15) is 4.79 Å². The lowest BCUT2D eigenvalue weighted by atomic mass is 10.3. The number of rotatable bonds is 3. The minimum atomic E-state index is -0.250. The zero-order valence-corrected chi connectivity index (χ0v) is 8.38. The molecule has 0 radical (unpaired) electrons. The summed E-state index contributed by atoms with van der Waals surface area (Å²) in [6.07, 6.45) is 1.68. The summed E-state index contributed by atoms with van der Waals surface area (Å²) in [6.45, 7) is 2.18. The Kier molecular flexibility index (Phi) is 2.62. The molecule has 0 aliphatic rings. The first kappa shape index (κ1) is 9.64. The van der Waals surface area contributed by atoms with Gasteiger partial charge in [-0.25, -0.2) is 9.50 Å². The average Bonchev–Trinajstić information content (AvgIpc) is 2.67. The first-order chi connectivity index (χ1) is 7.31. The monoisotopic (exact) mass is 205 g/mol. The van der Waals surface area contributed by atoms with Crippen LogP contribution in [0.2, 0.25) is 0 Å². The molecule has 5 nitrogen and oxygen atoms in total. The standard InChI is InChI=1S/C10H11N3O2/c1-2-15-10(14)6-8-4-3-5-9-11-7-12-13(8)9/h3-5,7H,2,6H2,1H3. The Morgan fingerprint density at radius 3 is 3.20 bits per heavy atom. The van der Waals surface area contributed by atoms with Crippen LogP contribution in [0.15, 0.2) is 24.5 Å². The van der Waals surface area contributed by atoms with E-state index in [1.165, 1.54) is 6.33 Å². The number of nitrogens with zero attached hydrogens (tertiary/aromatic N) is 3. The van der Waals surface area contributed by atoms with Gasteiger partial charge in [0.1, 0.15) is 6.33 Å². The Balaban J connectivity index is 2.27. The average molecular weight is 205 g/mol. The van der Waals surface area contributed by atoms with Crippen molar-refractivity contribution in [1.82, 2.24) is 14.6 Å². The van der Waals surface area contributed by atoms with Crippen molar-refractivity contribution in [2.75, 3.05) is 6.61 Å². The lowest BCUT2D eigenvalue weighted by molar-refractivity contribution is -0.142. The summed E-state index contributed by atoms with van der Waals surface area (Å²) < 4.78 is 6.51. The third kappa shape index (κ3) is 1.96. The predicted molar refractivity (Wildman–Crippen MR) is 53.3 cm³/mol. The predicted octanol–water partition coefficient (Wildman–Crippen LogP) is 0.835. The summed E-state index contributed by atoms with van der Waals surface area (Å²) in [5.74, 6) is -0.250. The molecule has 0 atom stereocenters. The van der Waals surface area contributed by atoms with E-state index in [2.05, 4.69) is 10.1 Å². The van der Waals surface area contributed by atoms with Crippen molar-refractivity contribution >= 4 is 11.6 Å². The SMILES string of the molecule is CCOC(=O)Cc1cccc2ncnn12. The highest BCUT2D eigenvalue weighted by Crippen LogP contribution is 2.05. The zero-order chi connectivity index (χ0) is 10.7. The number of aromatic nitrogens is 3. The smallest absolute Gasteiger partial charge is 0.311 e. The number of ether oxygens (including phenoxy) is 1. The van der Waals surface area contributed by atoms with Crippen LogP contribution in [0.1, 0.15) is 12.6 Å². The summed E-state index contributed by atoms with van der Waals surface area (Å²) in [7, 11) is 0. The molecular weight excluding hydrogens is 194 g/mol. The van der Waals surface area contributed by atoms with Gasteiger partial charge in [0, 0.05) is 0 Å². The maximum atomic E-state index is 11.3. The second-order valence-electron chi connectivity index (χ2n) is 3.03. The third-order valence-electron chi connectivity index (χ3n) is 2.01. The van der Waals surface area contributed by atoms with Gasteiger partial charge in [-0.05, 0) is 19.1 Å². The maximum absolute atomic E-state index is 11.3. The van der Waals surface area contributed by atoms with Gasteiger partial charge in [-0.3, -0.25) is 4.79 Å². The Morgan fingerprint density at radius 2 is 2.40 bits per heavy atom. The number of hydrogen-bond donors (Lipinski definition) is 0. The van der Waals surface area contributed by atoms with E-state index in [1.54, 1.807) is 11.4 Å². The number of hydrogen-bond acceptors (Lipinski definition) is 4. The van der Waals surface area contributed by atoms with Crippen LogP contribution in [0.5, 0.6) is 0 Å². The van der Waals surface area contributed by atoms with Gasteiger partial charge in [-0.1, -0.05) is 6.07 Å². The van der Waals surface area contributed by atoms with Crippen LogP contribution in [0.3, 0.4) is 0 Å². The highest BCUT2D eigenvalue weighted by atomic mass is 16.5. The summed E-state index contributed by atoms with van der Waals surface area (Å²) in [4.78, 5) is 15.3. The lowest BCUT2D eigenvalue weighted by Crippen LogP contribution is -2.10. The first-order valence-electron chi connectivity index (χ1n) is 4.74. The molecule has 0 aliphatic heterocycles. The van der Waals surface area contributed by atoms with E-state index in [-0.39, 0.29) is 12.4 Å². The van der Waals surface area contributed by atoms with Gasteiger partial charge in [-0.2, -0.15) is 5.10 Å². The highest BCUT2D eigenvalue weighted by Gasteiger charge is 2.07. The van der Waals surface area contributed by atoms with Gasteiger partial charge >= 0.3 is 5.97 Å². The molecule has 0 aliphatic carbocycles. The summed E-state index contributed by atoms with van der Waals surface area (Å²) in [6, 6.07) is 5.51. The van der Waals surface area contributed by atoms with Gasteiger partial charge in [0.05, 0.1) is 18.7 Å². The van der Waals surface area contributed by atoms with Crippen molar-refractivity contribution < 1.29 is 9.53 Å². The lowest BCUT2D eigenvalue weighted by Gasteiger charge is -2.03. The number of carbonyl (C=O) groups is 1. The van der Waals surface area contributed by atoms with Crippen molar-refractivity contribution in [3.63, 3.8) is 0 Å². The molecule has 2 aromatic rings. The molecule has 78 valence electrons. The van der Waals surface area contributed by atoms with Crippen molar-refractivity contribution in [3.8, 4) is 0 Å². The van der Waals surface area contributed by atoms with Crippen molar-refractivity contribution in [1.29, 1.82) is 0 Å². The van der Waals surface area contributed by atoms with E-state index in [0.717, 1.165) is 11.3 Å². The van der Waals surface area contributed by atoms with Crippen molar-refractivity contribution in [2.45, 2.75) is 13.3 Å². The van der Waals surface area contributed by atoms with Gasteiger partial charge < -0.3 is 4.74 Å². The van der Waals surface area contributed by atoms with Crippen LogP contribution in [0.4, 0.5) is 0 Å². The fourth-order valence-corrected chi connectivity index (χ4v) is 1.39. The Labute approximate surface area is 86.7 Å². The van der Waals surface area contributed by atoms with Crippen LogP contribution in [-0.4, -0.2) is 27.2 Å². The molecule has 15 heavy (non-hydrogen) atoms. The number of carbonyl (C=O) groups excluding carboxylic acids is 1. The number of esters is 1. The summed E-state index contributed by atoms with van der Waals surface area (Å²) in [5.41, 5.74) is 1.51. The molecule has 2 aromatic heterocycles. The molecule has 0 fully saturated rings. The number of pyridine rings is 1. The van der Waals surface area contributed by atoms with Crippen LogP contribution in [-0.2, 0) is 16.0 Å². The molecule has 2 heterocycles. The molecule has 0 spiro atoms. The normalized spacial score (nSPS) is 10.5. The van der Waals surface area contributed by atoms with Crippen LogP contribution in [0.25, 0.3) is 5.65 Å². The molecule has 2 rings (SSSR count). The van der Waals surface area contributed by atoms with Crippen LogP contribution >= 0.6 is 0 Å². The minimum Gasteiger partial charge on any atom is -0.466 e. The molecule has 0 saturated carbocycles. The fraction of sp³-hybridized carbons (Fsp3) is 0.300. The molecule has 0 bridgehead atoms. The molecule has 0 amide bonds. The molecule has 0 saturated heterocycles. The summed E-state index contributed by atoms with van der Waals surface area (Å²) in [5, 5.41) is 4.03. The van der Waals surface area contributed by atoms with Gasteiger partial charge in [-0.15, -0.1) is 0 Å². The van der Waals surface area contributed by atoms with E-state index < -0.39 is 0 Å². The van der Waals surface area contributed by atoms with E-state index >= 15 is 0 Å². The maximum Gasteiger partial charge on any atom is 0.311 e. The Morgan fingerprint density at radius 1 is 1.53 bits per heavy atom. The third-order valence-corrected chi connectivity index (χ3v) is 2.01. The Bertz CT molecular complexity index is 478. The molecule has 0 N–H and O–H groups in total. The highest BCUT2D eigenvalue weighted by molar-refractivity contribution is 5.72. The fourth-order valence-electron chi connectivity index (χ4n) is 1.39. The largest absolute Gasteiger partial charge is 0.466 e. The molecular formula is C10H11N3O2. The van der Waals surface area contributed by atoms with E-state index in [1.807, 2.05) is 18.2 Å². The second-order valence-corrected chi connectivity index (χ2v) is 3.03. The Hall–Kier alpha value is -1.91. The van der Waals surface area contributed by atoms with Crippen molar-refractivity contribution in [2.24, 2.45) is 0 Å². The van der Waals surface area contributed by atoms with Gasteiger partial charge in [0.25, 0.3) is 0 Å². The van der Waals surface area contributed by atoms with E-state index in [0.29, 0.717) is 6.61 Å². The number of fused-ring (bicyclic) bond motifs is 1. The van der Waals surface area contributed by atoms with Crippen molar-refractivity contribution in [3.05, 3.63) is 30.2 Å². The summed E-state index contributed by atoms with van der Waals surface area (Å²) >= 11 is 0. The quantitative estimate of drug-likeness (QED) is 0.696. The zero-order valence-electron chi connectivity index (χ0n) is 8.38. The topological polar surface area (TPSA) is 56.5 Å². The molecule has 0 aromatic carbocycles. The second kappa shape index (κ2) is 4.08. The van der Waals surface area contributed by atoms with Gasteiger partial charge in [0.2, 0.25) is 0 Å². The van der Waals surface area contributed by atoms with Gasteiger partial charge in [0.15, 0.2) is 5.65 Å². The molecule has 5 heteroatoms. The first-order valence-corrected chi connectivity index (χ1v) is 4.74. The van der Waals surface area contributed by atoms with Crippen LogP contribution < -0.4 is 0 Å². The minimum absolute atomic E-state index is 0.217. The van der Waals surface area contributed by atoms with E-state index in [4.69, 9.17) is 4.74 Å². The molecule has 0 unspecified atom stereocenters.